The van der Waals surface area contributed by atoms with Crippen LogP contribution in [0.15, 0.2) is 140 Å². The summed E-state index contributed by atoms with van der Waals surface area (Å²) in [7, 11) is 1.17. The molecule has 1 unspecified atom stereocenters. The van der Waals surface area contributed by atoms with Crippen molar-refractivity contribution in [1.29, 1.82) is 5.26 Å². The summed E-state index contributed by atoms with van der Waals surface area (Å²) in [6, 6.07) is 39.8. The van der Waals surface area contributed by atoms with Crippen molar-refractivity contribution in [1.82, 2.24) is 29.1 Å². The number of aromatic nitrogens is 4. The van der Waals surface area contributed by atoms with Crippen LogP contribution in [0.2, 0.25) is 0 Å². The SMILES string of the molecule is COc1ccc(C(OC[C@H]2O[C@@H](n3cnc4c(NC(=O)c5ccc(C(C)(C)C)cc5)ncnc43)[C@H](N3C(=O)c4ccccc4C3=O)[C@@H]2OP(OCCC#N)N(C(C)C)C(C)C)(c2ccccc2)c2ccc(OC)cc2)cc1. The molecule has 5 aromatic carbocycles. The zero-order valence-corrected chi connectivity index (χ0v) is 45.5. The highest BCUT2D eigenvalue weighted by atomic mass is 31.2. The minimum atomic E-state index is -2.05. The first-order valence-corrected chi connectivity index (χ1v) is 26.7. The van der Waals surface area contributed by atoms with Crippen LogP contribution in [0.4, 0.5) is 5.82 Å². The van der Waals surface area contributed by atoms with Gasteiger partial charge in [-0.25, -0.2) is 19.6 Å². The van der Waals surface area contributed by atoms with Gasteiger partial charge in [0.2, 0.25) is 0 Å². The molecule has 0 radical (unpaired) electrons. The Morgan fingerprint density at radius 3 is 1.87 bits per heavy atom. The Kier molecular flexibility index (Phi) is 16.3. The van der Waals surface area contributed by atoms with Crippen LogP contribution in [0.1, 0.15) is 114 Å². The molecule has 5 atom stereocenters. The number of fused-ring (bicyclic) bond motifs is 2. The molecule has 0 spiro atoms. The highest BCUT2D eigenvalue weighted by Crippen LogP contribution is 2.53. The molecular weight excluding hydrogens is 996 g/mol. The van der Waals surface area contributed by atoms with Gasteiger partial charge >= 0.3 is 0 Å². The number of hydrogen-bond acceptors (Lipinski definition) is 14. The third kappa shape index (κ3) is 10.8. The van der Waals surface area contributed by atoms with E-state index in [1.54, 1.807) is 55.2 Å². The molecular formula is C59H63N8O9P. The quantitative estimate of drug-likeness (QED) is 0.0328. The maximum absolute atomic E-state index is 15.0. The third-order valence-electron chi connectivity index (χ3n) is 13.8. The number of carbonyl (C=O) groups excluding carboxylic acids is 3. The fourth-order valence-electron chi connectivity index (χ4n) is 10.1. The highest BCUT2D eigenvalue weighted by Gasteiger charge is 2.57. The molecule has 1 fully saturated rings. The van der Waals surface area contributed by atoms with Gasteiger partial charge in [-0.05, 0) is 104 Å². The topological polar surface area (TPSA) is 192 Å². The molecule has 4 heterocycles. The minimum absolute atomic E-state index is 0.0400. The Balaban J connectivity index is 1.21. The second kappa shape index (κ2) is 23.0. The number of rotatable bonds is 20. The van der Waals surface area contributed by atoms with Gasteiger partial charge in [0.25, 0.3) is 26.2 Å². The second-order valence-corrected chi connectivity index (χ2v) is 21.7. The summed E-state index contributed by atoms with van der Waals surface area (Å²) in [4.78, 5) is 59.0. The maximum Gasteiger partial charge on any atom is 0.262 e. The molecule has 17 nitrogen and oxygen atoms in total. The van der Waals surface area contributed by atoms with E-state index in [-0.39, 0.29) is 65.2 Å². The molecule has 18 heteroatoms. The monoisotopic (exact) mass is 1060 g/mol. The number of nitrogens with zero attached hydrogens (tertiary/aromatic N) is 7. The molecule has 1 N–H and O–H groups in total. The molecule has 1 saturated heterocycles. The van der Waals surface area contributed by atoms with Gasteiger partial charge in [-0.1, -0.05) is 99.6 Å². The van der Waals surface area contributed by atoms with Gasteiger partial charge in [-0.3, -0.25) is 23.9 Å². The average molecular weight is 1060 g/mol. The number of anilines is 1. The van der Waals surface area contributed by atoms with E-state index >= 15 is 9.59 Å². The molecule has 3 amide bonds. The number of ether oxygens (including phenoxy) is 4. The maximum atomic E-state index is 15.0. The number of nitriles is 1. The zero-order chi connectivity index (χ0) is 54.6. The van der Waals surface area contributed by atoms with Gasteiger partial charge < -0.3 is 33.3 Å². The van der Waals surface area contributed by atoms with Gasteiger partial charge in [0.1, 0.15) is 41.7 Å². The molecule has 0 aliphatic carbocycles. The van der Waals surface area contributed by atoms with Crippen LogP contribution in [0.25, 0.3) is 11.2 Å². The number of methoxy groups -OCH3 is 2. The summed E-state index contributed by atoms with van der Waals surface area (Å²) in [5, 5.41) is 12.6. The van der Waals surface area contributed by atoms with Gasteiger partial charge in [-0.15, -0.1) is 0 Å². The number of benzene rings is 5. The first-order chi connectivity index (χ1) is 37.1. The minimum Gasteiger partial charge on any atom is -0.497 e. The first kappa shape index (κ1) is 54.4. The predicted octanol–water partition coefficient (Wildman–Crippen LogP) is 10.6. The number of carbonyl (C=O) groups is 3. The lowest BCUT2D eigenvalue weighted by Gasteiger charge is -2.40. The van der Waals surface area contributed by atoms with E-state index in [2.05, 4.69) is 46.8 Å². The Morgan fingerprint density at radius 2 is 1.32 bits per heavy atom. The van der Waals surface area contributed by atoms with Gasteiger partial charge in [-0.2, -0.15) is 5.26 Å². The normalized spacial score (nSPS) is 18.0. The van der Waals surface area contributed by atoms with Crippen LogP contribution >= 0.6 is 8.53 Å². The van der Waals surface area contributed by atoms with Crippen LogP contribution in [-0.2, 0) is 29.5 Å². The highest BCUT2D eigenvalue weighted by molar-refractivity contribution is 7.44. The van der Waals surface area contributed by atoms with Crippen LogP contribution < -0.4 is 14.8 Å². The standard InChI is InChI=1S/C59H63N8O9P/c1-37(2)67(38(3)4)77(74-33-15-32-60)76-51-48(34-73-59(41-16-11-10-12-17-41,42-24-28-44(71-8)29-25-42)43-26-30-45(72-9)31-27-43)75-57(50(51)66-55(69)46-18-13-14-19-47(46)56(66)70)65-36-63-49-52(61-35-62-53(49)65)64-54(68)39-20-22-40(23-21-39)58(5,6)7/h10-14,16-31,35-38,48,50-51,57H,15,33-34H2,1-9H3,(H,61,62,64,68)/t48-,50-,51-,57-,77?/m1/s1. The Labute approximate surface area is 450 Å². The molecule has 0 saturated carbocycles. The summed E-state index contributed by atoms with van der Waals surface area (Å²) in [5.74, 6) is -0.109. The summed E-state index contributed by atoms with van der Waals surface area (Å²) >= 11 is 0. The van der Waals surface area contributed by atoms with Crippen molar-refractivity contribution in [2.45, 2.75) is 102 Å². The van der Waals surface area contributed by atoms with Crippen molar-refractivity contribution in [3.8, 4) is 17.6 Å². The van der Waals surface area contributed by atoms with E-state index in [4.69, 9.17) is 33.0 Å². The smallest absolute Gasteiger partial charge is 0.262 e. The summed E-state index contributed by atoms with van der Waals surface area (Å²) < 4.78 is 43.7. The van der Waals surface area contributed by atoms with E-state index in [0.29, 0.717) is 17.1 Å². The lowest BCUT2D eigenvalue weighted by Crippen LogP contribution is -2.51. The fourth-order valence-corrected chi connectivity index (χ4v) is 11.9. The van der Waals surface area contributed by atoms with Crippen molar-refractivity contribution in [2.75, 3.05) is 32.8 Å². The van der Waals surface area contributed by atoms with Crippen LogP contribution in [0.5, 0.6) is 11.5 Å². The van der Waals surface area contributed by atoms with Gasteiger partial charge in [0.15, 0.2) is 23.2 Å². The summed E-state index contributed by atoms with van der Waals surface area (Å²) in [5.41, 5.74) is 3.22. The van der Waals surface area contributed by atoms with Crippen LogP contribution in [-0.4, -0.2) is 105 Å². The molecule has 2 aliphatic heterocycles. The molecule has 9 rings (SSSR count). The van der Waals surface area contributed by atoms with E-state index < -0.39 is 56.3 Å². The van der Waals surface area contributed by atoms with Crippen molar-refractivity contribution in [3.63, 3.8) is 0 Å². The predicted molar refractivity (Wildman–Crippen MR) is 291 cm³/mol. The number of imide groups is 1. The Hall–Kier alpha value is -7.42. The Bertz CT molecular complexity index is 3160. The summed E-state index contributed by atoms with van der Waals surface area (Å²) in [6.07, 6.45) is -0.607. The number of imidazole rings is 1. The largest absolute Gasteiger partial charge is 0.497 e. The number of hydrogen-bond donors (Lipinski definition) is 1. The van der Waals surface area contributed by atoms with Gasteiger partial charge in [0, 0.05) is 17.6 Å². The van der Waals surface area contributed by atoms with E-state index in [1.807, 2.05) is 119 Å². The van der Waals surface area contributed by atoms with E-state index in [1.165, 1.54) is 17.6 Å². The fraction of sp³-hybridized carbons (Fsp3) is 0.339. The molecule has 2 aliphatic rings. The molecule has 0 bridgehead atoms. The van der Waals surface area contributed by atoms with Crippen LogP contribution in [0, 0.1) is 11.3 Å². The molecule has 398 valence electrons. The Morgan fingerprint density at radius 1 is 0.766 bits per heavy atom. The van der Waals surface area contributed by atoms with E-state index in [9.17, 15) is 10.1 Å². The van der Waals surface area contributed by atoms with E-state index in [0.717, 1.165) is 22.3 Å². The molecule has 2 aromatic heterocycles. The molecule has 77 heavy (non-hydrogen) atoms. The van der Waals surface area contributed by atoms with Crippen LogP contribution in [0.3, 0.4) is 0 Å². The summed E-state index contributed by atoms with van der Waals surface area (Å²) in [6.45, 7) is 14.2. The van der Waals surface area contributed by atoms with Gasteiger partial charge in [0.05, 0.1) is 57.4 Å². The van der Waals surface area contributed by atoms with Crippen molar-refractivity contribution < 1.29 is 42.4 Å². The average Bonchev–Trinajstić information content (AvgIpc) is 4.13. The van der Waals surface area contributed by atoms with Crippen molar-refractivity contribution in [2.24, 2.45) is 0 Å². The van der Waals surface area contributed by atoms with Crippen molar-refractivity contribution in [3.05, 3.63) is 179 Å². The third-order valence-corrected chi connectivity index (χ3v) is 16.0. The second-order valence-electron chi connectivity index (χ2n) is 20.3. The number of nitrogens with one attached hydrogen (secondary N) is 1. The zero-order valence-electron chi connectivity index (χ0n) is 44.6. The lowest BCUT2D eigenvalue weighted by molar-refractivity contribution is -0.0917. The van der Waals surface area contributed by atoms with Crippen molar-refractivity contribution >= 4 is 43.2 Å². The first-order valence-electron chi connectivity index (χ1n) is 25.5. The number of amides is 3. The lowest BCUT2D eigenvalue weighted by atomic mass is 9.80. The molecule has 7 aromatic rings.